The molecular weight excluding hydrogens is 310 g/mol. The molecule has 0 saturated carbocycles. The van der Waals surface area contributed by atoms with E-state index in [0.717, 1.165) is 10.0 Å². The summed E-state index contributed by atoms with van der Waals surface area (Å²) >= 11 is 3.41. The fraction of sp³-hybridized carbons (Fsp3) is 0.154. The number of benzene rings is 1. The van der Waals surface area contributed by atoms with Gasteiger partial charge in [0.05, 0.1) is 19.5 Å². The van der Waals surface area contributed by atoms with Gasteiger partial charge in [-0.3, -0.25) is 4.98 Å². The Bertz CT molecular complexity index is 590. The molecule has 0 atom stereocenters. The molecule has 1 heterocycles. The third-order valence-electron chi connectivity index (χ3n) is 2.39. The number of rotatable bonds is 4. The Morgan fingerprint density at radius 2 is 2.26 bits per heavy atom. The second-order valence-corrected chi connectivity index (χ2v) is 4.68. The number of ether oxygens (including phenoxy) is 1. The maximum atomic E-state index is 11.3. The van der Waals surface area contributed by atoms with Gasteiger partial charge in [0.2, 0.25) is 0 Å². The zero-order valence-electron chi connectivity index (χ0n) is 10.3. The van der Waals surface area contributed by atoms with E-state index >= 15 is 0 Å². The van der Waals surface area contributed by atoms with E-state index < -0.39 is 5.97 Å². The highest BCUT2D eigenvalue weighted by Gasteiger charge is 2.08. The molecule has 0 aliphatic rings. The number of halogens is 1. The molecule has 19 heavy (non-hydrogen) atoms. The molecule has 6 heteroatoms. The van der Waals surface area contributed by atoms with E-state index in [9.17, 15) is 4.79 Å². The molecule has 1 aromatic heterocycles. The van der Waals surface area contributed by atoms with Crippen LogP contribution in [-0.4, -0.2) is 23.0 Å². The summed E-state index contributed by atoms with van der Waals surface area (Å²) in [4.78, 5) is 19.4. The first-order valence-electron chi connectivity index (χ1n) is 5.57. The lowest BCUT2D eigenvalue weighted by Crippen LogP contribution is -2.08. The van der Waals surface area contributed by atoms with Gasteiger partial charge < -0.3 is 10.1 Å². The van der Waals surface area contributed by atoms with Gasteiger partial charge in [0.25, 0.3) is 0 Å². The number of nitrogens with zero attached hydrogens (tertiary/aromatic N) is 2. The van der Waals surface area contributed by atoms with Crippen LogP contribution in [0.1, 0.15) is 16.1 Å². The van der Waals surface area contributed by atoms with Gasteiger partial charge in [-0.05, 0) is 17.7 Å². The fourth-order valence-corrected chi connectivity index (χ4v) is 1.94. The van der Waals surface area contributed by atoms with Crippen LogP contribution in [0.5, 0.6) is 0 Å². The molecule has 0 amide bonds. The van der Waals surface area contributed by atoms with Crippen molar-refractivity contribution in [1.82, 2.24) is 9.97 Å². The average molecular weight is 322 g/mol. The highest BCUT2D eigenvalue weighted by Crippen LogP contribution is 2.13. The molecule has 0 bridgehead atoms. The monoisotopic (exact) mass is 321 g/mol. The molecule has 0 aliphatic carbocycles. The van der Waals surface area contributed by atoms with Crippen molar-refractivity contribution in [3.63, 3.8) is 0 Å². The number of carbonyl (C=O) groups excluding carboxylic acids is 1. The zero-order valence-corrected chi connectivity index (χ0v) is 11.8. The van der Waals surface area contributed by atoms with Crippen molar-refractivity contribution in [2.24, 2.45) is 0 Å². The molecule has 0 radical (unpaired) electrons. The Hall–Kier alpha value is -1.95. The lowest BCUT2D eigenvalue weighted by molar-refractivity contribution is 0.0593. The molecule has 5 nitrogen and oxygen atoms in total. The van der Waals surface area contributed by atoms with E-state index in [-0.39, 0.29) is 5.69 Å². The SMILES string of the molecule is COC(=O)c1cncc(NCc2cccc(Br)c2)n1. The molecule has 0 fully saturated rings. The molecule has 0 spiro atoms. The van der Waals surface area contributed by atoms with Gasteiger partial charge in [0, 0.05) is 11.0 Å². The van der Waals surface area contributed by atoms with Crippen LogP contribution in [0, 0.1) is 0 Å². The number of nitrogens with one attached hydrogen (secondary N) is 1. The third-order valence-corrected chi connectivity index (χ3v) is 2.88. The van der Waals surface area contributed by atoms with E-state index in [2.05, 4.69) is 36.0 Å². The van der Waals surface area contributed by atoms with Crippen LogP contribution in [0.2, 0.25) is 0 Å². The summed E-state index contributed by atoms with van der Waals surface area (Å²) in [6.07, 6.45) is 2.93. The number of methoxy groups -OCH3 is 1. The van der Waals surface area contributed by atoms with Crippen molar-refractivity contribution >= 4 is 27.7 Å². The van der Waals surface area contributed by atoms with Crippen molar-refractivity contribution in [1.29, 1.82) is 0 Å². The summed E-state index contributed by atoms with van der Waals surface area (Å²) in [6.45, 7) is 0.596. The van der Waals surface area contributed by atoms with E-state index in [1.807, 2.05) is 24.3 Å². The van der Waals surface area contributed by atoms with E-state index in [1.54, 1.807) is 6.20 Å². The van der Waals surface area contributed by atoms with Gasteiger partial charge in [-0.2, -0.15) is 0 Å². The number of aromatic nitrogens is 2. The van der Waals surface area contributed by atoms with Gasteiger partial charge in [-0.15, -0.1) is 0 Å². The average Bonchev–Trinajstić information content (AvgIpc) is 2.45. The Morgan fingerprint density at radius 1 is 1.42 bits per heavy atom. The summed E-state index contributed by atoms with van der Waals surface area (Å²) in [7, 11) is 1.31. The molecule has 0 aliphatic heterocycles. The van der Waals surface area contributed by atoms with Crippen LogP contribution >= 0.6 is 15.9 Å². The van der Waals surface area contributed by atoms with Gasteiger partial charge in [0.15, 0.2) is 5.69 Å². The summed E-state index contributed by atoms with van der Waals surface area (Å²) in [5, 5.41) is 3.11. The number of hydrogen-bond donors (Lipinski definition) is 1. The predicted octanol–water partition coefficient (Wildman–Crippen LogP) is 2.64. The highest BCUT2D eigenvalue weighted by atomic mass is 79.9. The Kier molecular flexibility index (Phi) is 4.46. The molecule has 1 N–H and O–H groups in total. The van der Waals surface area contributed by atoms with Crippen molar-refractivity contribution in [3.05, 3.63) is 52.4 Å². The summed E-state index contributed by atoms with van der Waals surface area (Å²) in [5.41, 5.74) is 1.28. The second-order valence-electron chi connectivity index (χ2n) is 3.76. The van der Waals surface area contributed by atoms with Gasteiger partial charge in [0.1, 0.15) is 5.82 Å². The van der Waals surface area contributed by atoms with E-state index in [4.69, 9.17) is 0 Å². The van der Waals surface area contributed by atoms with Crippen LogP contribution in [-0.2, 0) is 11.3 Å². The molecule has 98 valence electrons. The van der Waals surface area contributed by atoms with Crippen LogP contribution < -0.4 is 5.32 Å². The lowest BCUT2D eigenvalue weighted by Gasteiger charge is -2.06. The van der Waals surface area contributed by atoms with Crippen LogP contribution in [0.4, 0.5) is 5.82 Å². The Balaban J connectivity index is 2.05. The zero-order chi connectivity index (χ0) is 13.7. The maximum absolute atomic E-state index is 11.3. The Labute approximate surface area is 119 Å². The Morgan fingerprint density at radius 3 is 3.00 bits per heavy atom. The normalized spacial score (nSPS) is 10.0. The molecule has 2 rings (SSSR count). The largest absolute Gasteiger partial charge is 0.464 e. The predicted molar refractivity (Wildman–Crippen MR) is 74.8 cm³/mol. The van der Waals surface area contributed by atoms with E-state index in [1.165, 1.54) is 13.3 Å². The fourth-order valence-electron chi connectivity index (χ4n) is 1.49. The van der Waals surface area contributed by atoms with E-state index in [0.29, 0.717) is 12.4 Å². The molecule has 0 saturated heterocycles. The summed E-state index contributed by atoms with van der Waals surface area (Å²) in [5.74, 6) is 0.0291. The molecular formula is C13H12BrN3O2. The molecule has 2 aromatic rings. The lowest BCUT2D eigenvalue weighted by atomic mass is 10.2. The second kappa shape index (κ2) is 6.29. The summed E-state index contributed by atoms with van der Waals surface area (Å²) < 4.78 is 5.61. The quantitative estimate of drug-likeness (QED) is 0.877. The minimum atomic E-state index is -0.501. The maximum Gasteiger partial charge on any atom is 0.358 e. The number of esters is 1. The van der Waals surface area contributed by atoms with Crippen molar-refractivity contribution < 1.29 is 9.53 Å². The number of hydrogen-bond acceptors (Lipinski definition) is 5. The smallest absolute Gasteiger partial charge is 0.358 e. The van der Waals surface area contributed by atoms with Crippen molar-refractivity contribution in [2.45, 2.75) is 6.54 Å². The van der Waals surface area contributed by atoms with Crippen LogP contribution in [0.25, 0.3) is 0 Å². The topological polar surface area (TPSA) is 64.1 Å². The number of anilines is 1. The van der Waals surface area contributed by atoms with Crippen molar-refractivity contribution in [2.75, 3.05) is 12.4 Å². The van der Waals surface area contributed by atoms with Gasteiger partial charge >= 0.3 is 5.97 Å². The first-order valence-corrected chi connectivity index (χ1v) is 6.37. The van der Waals surface area contributed by atoms with Crippen LogP contribution in [0.15, 0.2) is 41.1 Å². The first kappa shape index (κ1) is 13.5. The minimum Gasteiger partial charge on any atom is -0.464 e. The molecule has 1 aromatic carbocycles. The number of carbonyl (C=O) groups is 1. The molecule has 0 unspecified atom stereocenters. The third kappa shape index (κ3) is 3.75. The highest BCUT2D eigenvalue weighted by molar-refractivity contribution is 9.10. The van der Waals surface area contributed by atoms with Crippen molar-refractivity contribution in [3.8, 4) is 0 Å². The van der Waals surface area contributed by atoms with Gasteiger partial charge in [-0.25, -0.2) is 9.78 Å². The van der Waals surface area contributed by atoms with Crippen LogP contribution in [0.3, 0.4) is 0 Å². The summed E-state index contributed by atoms with van der Waals surface area (Å²) in [6, 6.07) is 7.92. The standard InChI is InChI=1S/C13H12BrN3O2/c1-19-13(18)11-7-15-8-12(17-11)16-6-9-3-2-4-10(14)5-9/h2-5,7-8H,6H2,1H3,(H,16,17). The minimum absolute atomic E-state index is 0.182. The first-order chi connectivity index (χ1) is 9.19. The van der Waals surface area contributed by atoms with Gasteiger partial charge in [-0.1, -0.05) is 28.1 Å².